The standard InChI is InChI=1S/C24H34N8O2/c1-2-17(15-33)28-24-29-22(21-23(30-24)32(16-26-21)20-5-3-4-6-20)27-18-7-8-19(25-13-18)14-31-9-11-34-12-10-31/h7-8,13,16-17,20,33H,2-6,9-12,14-15H2,1H3,(H2,27,28,29,30). The number of fused-ring (bicyclic) bond motifs is 1. The summed E-state index contributed by atoms with van der Waals surface area (Å²) in [5, 5.41) is 16.3. The number of aromatic nitrogens is 5. The van der Waals surface area contributed by atoms with E-state index in [0.717, 1.165) is 74.7 Å². The van der Waals surface area contributed by atoms with Crippen molar-refractivity contribution < 1.29 is 9.84 Å². The fourth-order valence-electron chi connectivity index (χ4n) is 4.69. The third-order valence-corrected chi connectivity index (χ3v) is 6.76. The van der Waals surface area contributed by atoms with Gasteiger partial charge < -0.3 is 25.0 Å². The molecule has 10 nitrogen and oxygen atoms in total. The Morgan fingerprint density at radius 2 is 1.97 bits per heavy atom. The molecule has 1 saturated carbocycles. The second-order valence-corrected chi connectivity index (χ2v) is 9.14. The van der Waals surface area contributed by atoms with E-state index in [1.807, 2.05) is 31.6 Å². The molecule has 3 aromatic heterocycles. The van der Waals surface area contributed by atoms with Crippen LogP contribution in [0, 0.1) is 0 Å². The number of hydrogen-bond donors (Lipinski definition) is 3. The zero-order valence-electron chi connectivity index (χ0n) is 19.8. The number of aliphatic hydroxyl groups is 1. The molecule has 182 valence electrons. The molecular formula is C24H34N8O2. The summed E-state index contributed by atoms with van der Waals surface area (Å²) in [6.45, 7) is 6.31. The van der Waals surface area contributed by atoms with Crippen molar-refractivity contribution in [3.8, 4) is 0 Å². The number of nitrogens with zero attached hydrogens (tertiary/aromatic N) is 6. The van der Waals surface area contributed by atoms with E-state index in [1.54, 1.807) is 0 Å². The van der Waals surface area contributed by atoms with Crippen LogP contribution in [0.5, 0.6) is 0 Å². The highest BCUT2D eigenvalue weighted by molar-refractivity contribution is 5.86. The summed E-state index contributed by atoms with van der Waals surface area (Å²) in [6.07, 6.45) is 9.25. The van der Waals surface area contributed by atoms with Crippen molar-refractivity contribution in [1.29, 1.82) is 0 Å². The lowest BCUT2D eigenvalue weighted by molar-refractivity contribution is 0.0336. The Balaban J connectivity index is 1.40. The van der Waals surface area contributed by atoms with Crippen LogP contribution in [-0.2, 0) is 11.3 Å². The zero-order chi connectivity index (χ0) is 23.3. The molecule has 5 rings (SSSR count). The topological polar surface area (TPSA) is 113 Å². The lowest BCUT2D eigenvalue weighted by Crippen LogP contribution is -2.35. The molecule has 1 aliphatic heterocycles. The molecule has 1 atom stereocenters. The first-order valence-electron chi connectivity index (χ1n) is 12.4. The van der Waals surface area contributed by atoms with Crippen LogP contribution < -0.4 is 10.6 Å². The molecule has 1 unspecified atom stereocenters. The molecule has 1 aliphatic carbocycles. The van der Waals surface area contributed by atoms with Gasteiger partial charge in [0, 0.05) is 25.7 Å². The molecule has 3 N–H and O–H groups in total. The Labute approximate surface area is 199 Å². The summed E-state index contributed by atoms with van der Waals surface area (Å²) in [5.41, 5.74) is 3.44. The van der Waals surface area contributed by atoms with Crippen molar-refractivity contribution >= 4 is 28.6 Å². The van der Waals surface area contributed by atoms with E-state index in [1.165, 1.54) is 12.8 Å². The Hall–Kier alpha value is -2.82. The molecule has 0 aromatic carbocycles. The van der Waals surface area contributed by atoms with Gasteiger partial charge in [-0.25, -0.2) is 4.98 Å². The molecule has 10 heteroatoms. The third kappa shape index (κ3) is 5.13. The number of anilines is 3. The summed E-state index contributed by atoms with van der Waals surface area (Å²) in [5.74, 6) is 1.13. The highest BCUT2D eigenvalue weighted by Crippen LogP contribution is 2.33. The van der Waals surface area contributed by atoms with Crippen molar-refractivity contribution in [3.05, 3.63) is 30.4 Å². The maximum Gasteiger partial charge on any atom is 0.227 e. The van der Waals surface area contributed by atoms with Crippen molar-refractivity contribution in [2.75, 3.05) is 43.5 Å². The van der Waals surface area contributed by atoms with Crippen LogP contribution in [0.15, 0.2) is 24.7 Å². The third-order valence-electron chi connectivity index (χ3n) is 6.76. The highest BCUT2D eigenvalue weighted by Gasteiger charge is 2.22. The molecular weight excluding hydrogens is 432 g/mol. The minimum Gasteiger partial charge on any atom is -0.394 e. The average molecular weight is 467 g/mol. The largest absolute Gasteiger partial charge is 0.394 e. The fourth-order valence-corrected chi connectivity index (χ4v) is 4.69. The first kappa shape index (κ1) is 22.9. The second kappa shape index (κ2) is 10.6. The molecule has 34 heavy (non-hydrogen) atoms. The van der Waals surface area contributed by atoms with E-state index >= 15 is 0 Å². The van der Waals surface area contributed by atoms with E-state index in [9.17, 15) is 5.11 Å². The van der Waals surface area contributed by atoms with Gasteiger partial charge in [-0.05, 0) is 31.4 Å². The molecule has 0 spiro atoms. The summed E-state index contributed by atoms with van der Waals surface area (Å²) in [7, 11) is 0. The first-order valence-corrected chi connectivity index (χ1v) is 12.4. The van der Waals surface area contributed by atoms with Crippen LogP contribution >= 0.6 is 0 Å². The minimum absolute atomic E-state index is 0.0249. The SMILES string of the molecule is CCC(CO)Nc1nc(Nc2ccc(CN3CCOCC3)nc2)c2ncn(C3CCCC3)c2n1. The number of rotatable bonds is 9. The van der Waals surface area contributed by atoms with Crippen LogP contribution in [-0.4, -0.2) is 73.5 Å². The average Bonchev–Trinajstić information content (AvgIpc) is 3.54. The van der Waals surface area contributed by atoms with Crippen LogP contribution in [0.25, 0.3) is 11.2 Å². The Bertz CT molecular complexity index is 1070. The highest BCUT2D eigenvalue weighted by atomic mass is 16.5. The quantitative estimate of drug-likeness (QED) is 0.438. The van der Waals surface area contributed by atoms with E-state index in [-0.39, 0.29) is 12.6 Å². The molecule has 0 radical (unpaired) electrons. The smallest absolute Gasteiger partial charge is 0.227 e. The molecule has 4 heterocycles. The lowest BCUT2D eigenvalue weighted by atomic mass is 10.2. The van der Waals surface area contributed by atoms with Gasteiger partial charge in [0.1, 0.15) is 0 Å². The summed E-state index contributed by atoms with van der Waals surface area (Å²) < 4.78 is 7.61. The van der Waals surface area contributed by atoms with E-state index in [2.05, 4.69) is 30.1 Å². The number of hydrogen-bond acceptors (Lipinski definition) is 9. The van der Waals surface area contributed by atoms with Crippen LogP contribution in [0.2, 0.25) is 0 Å². The molecule has 1 saturated heterocycles. The molecule has 0 bridgehead atoms. The monoisotopic (exact) mass is 466 g/mol. The number of morpholine rings is 1. The number of aliphatic hydroxyl groups excluding tert-OH is 1. The van der Waals surface area contributed by atoms with Crippen molar-refractivity contribution in [3.63, 3.8) is 0 Å². The van der Waals surface area contributed by atoms with E-state index in [0.29, 0.717) is 17.8 Å². The van der Waals surface area contributed by atoms with Gasteiger partial charge in [0.15, 0.2) is 17.0 Å². The van der Waals surface area contributed by atoms with Gasteiger partial charge in [-0.15, -0.1) is 0 Å². The van der Waals surface area contributed by atoms with Crippen LogP contribution in [0.4, 0.5) is 17.5 Å². The summed E-state index contributed by atoms with van der Waals surface area (Å²) in [6, 6.07) is 4.39. The normalized spacial score (nSPS) is 18.4. The predicted molar refractivity (Wildman–Crippen MR) is 131 cm³/mol. The number of ether oxygens (including phenoxy) is 1. The minimum atomic E-state index is -0.103. The van der Waals surface area contributed by atoms with Gasteiger partial charge >= 0.3 is 0 Å². The Kier molecular flexibility index (Phi) is 7.17. The fraction of sp³-hybridized carbons (Fsp3) is 0.583. The van der Waals surface area contributed by atoms with Gasteiger partial charge in [0.05, 0.1) is 49.8 Å². The maximum atomic E-state index is 9.67. The Morgan fingerprint density at radius 1 is 1.15 bits per heavy atom. The lowest BCUT2D eigenvalue weighted by Gasteiger charge is -2.26. The summed E-state index contributed by atoms with van der Waals surface area (Å²) in [4.78, 5) is 21.2. The molecule has 2 fully saturated rings. The maximum absolute atomic E-state index is 9.67. The predicted octanol–water partition coefficient (Wildman–Crippen LogP) is 3.10. The zero-order valence-corrected chi connectivity index (χ0v) is 19.8. The van der Waals surface area contributed by atoms with Gasteiger partial charge in [-0.1, -0.05) is 19.8 Å². The molecule has 2 aliphatic rings. The van der Waals surface area contributed by atoms with Crippen LogP contribution in [0.3, 0.4) is 0 Å². The first-order chi connectivity index (χ1) is 16.7. The van der Waals surface area contributed by atoms with E-state index in [4.69, 9.17) is 14.7 Å². The second-order valence-electron chi connectivity index (χ2n) is 9.14. The van der Waals surface area contributed by atoms with Crippen molar-refractivity contribution in [2.45, 2.75) is 57.7 Å². The molecule has 0 amide bonds. The van der Waals surface area contributed by atoms with Gasteiger partial charge in [-0.2, -0.15) is 9.97 Å². The van der Waals surface area contributed by atoms with Gasteiger partial charge in [0.2, 0.25) is 5.95 Å². The Morgan fingerprint density at radius 3 is 2.68 bits per heavy atom. The van der Waals surface area contributed by atoms with Gasteiger partial charge in [0.25, 0.3) is 0 Å². The number of imidazole rings is 1. The summed E-state index contributed by atoms with van der Waals surface area (Å²) >= 11 is 0. The number of pyridine rings is 1. The van der Waals surface area contributed by atoms with Crippen molar-refractivity contribution in [2.24, 2.45) is 0 Å². The van der Waals surface area contributed by atoms with Crippen LogP contribution in [0.1, 0.15) is 50.8 Å². The number of nitrogens with one attached hydrogen (secondary N) is 2. The molecule has 3 aromatic rings. The van der Waals surface area contributed by atoms with Gasteiger partial charge in [-0.3, -0.25) is 9.88 Å². The van der Waals surface area contributed by atoms with Crippen molar-refractivity contribution in [1.82, 2.24) is 29.4 Å². The van der Waals surface area contributed by atoms with E-state index < -0.39 is 0 Å².